The zero-order valence-corrected chi connectivity index (χ0v) is 16.9. The SMILES string of the molecule is O=C(Nc1ccc(F)cc1)C1(c2ccc(-c3ccc(OC(F)F)cc3CO)cc2)COC1. The summed E-state index contributed by atoms with van der Waals surface area (Å²) >= 11 is 0. The zero-order chi connectivity index (χ0) is 22.7. The number of hydrogen-bond donors (Lipinski definition) is 2. The van der Waals surface area contributed by atoms with Crippen molar-refractivity contribution in [3.8, 4) is 16.9 Å². The highest BCUT2D eigenvalue weighted by Gasteiger charge is 2.47. The number of amides is 1. The van der Waals surface area contributed by atoms with Crippen LogP contribution in [-0.2, 0) is 21.6 Å². The second-order valence-electron chi connectivity index (χ2n) is 7.47. The average Bonchev–Trinajstić information content (AvgIpc) is 2.75. The van der Waals surface area contributed by atoms with Crippen LogP contribution >= 0.6 is 0 Å². The molecule has 32 heavy (non-hydrogen) atoms. The number of carbonyl (C=O) groups excluding carboxylic acids is 1. The van der Waals surface area contributed by atoms with Crippen LogP contribution in [0.3, 0.4) is 0 Å². The van der Waals surface area contributed by atoms with E-state index < -0.39 is 17.8 Å². The first kappa shape index (κ1) is 21.9. The Labute approximate surface area is 182 Å². The van der Waals surface area contributed by atoms with Crippen molar-refractivity contribution in [2.45, 2.75) is 18.6 Å². The number of anilines is 1. The molecule has 0 radical (unpaired) electrons. The Hall–Kier alpha value is -3.36. The number of aliphatic hydroxyl groups is 1. The number of alkyl halides is 2. The lowest BCUT2D eigenvalue weighted by atomic mass is 9.77. The molecule has 0 atom stereocenters. The predicted molar refractivity (Wildman–Crippen MR) is 112 cm³/mol. The number of halogens is 3. The Morgan fingerprint density at radius 3 is 2.31 bits per heavy atom. The van der Waals surface area contributed by atoms with Gasteiger partial charge in [0.15, 0.2) is 0 Å². The van der Waals surface area contributed by atoms with Gasteiger partial charge in [0.2, 0.25) is 5.91 Å². The van der Waals surface area contributed by atoms with Crippen molar-refractivity contribution >= 4 is 11.6 Å². The van der Waals surface area contributed by atoms with Crippen molar-refractivity contribution in [1.29, 1.82) is 0 Å². The van der Waals surface area contributed by atoms with Gasteiger partial charge in [0.1, 0.15) is 17.0 Å². The van der Waals surface area contributed by atoms with E-state index in [-0.39, 0.29) is 31.5 Å². The first-order chi connectivity index (χ1) is 15.4. The van der Waals surface area contributed by atoms with E-state index in [1.54, 1.807) is 30.3 Å². The van der Waals surface area contributed by atoms with E-state index in [0.717, 1.165) is 11.1 Å². The molecule has 2 N–H and O–H groups in total. The molecule has 0 bridgehead atoms. The van der Waals surface area contributed by atoms with Crippen molar-refractivity contribution in [1.82, 2.24) is 0 Å². The molecule has 166 valence electrons. The van der Waals surface area contributed by atoms with Gasteiger partial charge in [-0.1, -0.05) is 30.3 Å². The highest BCUT2D eigenvalue weighted by molar-refractivity contribution is 6.00. The summed E-state index contributed by atoms with van der Waals surface area (Å²) < 4.78 is 47.8. The van der Waals surface area contributed by atoms with Crippen LogP contribution in [0.25, 0.3) is 11.1 Å². The van der Waals surface area contributed by atoms with Gasteiger partial charge in [-0.25, -0.2) is 4.39 Å². The Morgan fingerprint density at radius 1 is 1.06 bits per heavy atom. The van der Waals surface area contributed by atoms with E-state index in [2.05, 4.69) is 10.1 Å². The number of nitrogens with one attached hydrogen (secondary N) is 1. The molecule has 3 aromatic carbocycles. The van der Waals surface area contributed by atoms with Crippen molar-refractivity contribution < 1.29 is 32.5 Å². The molecule has 5 nitrogen and oxygen atoms in total. The summed E-state index contributed by atoms with van der Waals surface area (Å²) in [4.78, 5) is 13.0. The smallest absolute Gasteiger partial charge is 0.387 e. The maximum atomic E-state index is 13.1. The topological polar surface area (TPSA) is 67.8 Å². The van der Waals surface area contributed by atoms with E-state index in [1.807, 2.05) is 0 Å². The maximum Gasteiger partial charge on any atom is 0.387 e. The number of benzene rings is 3. The van der Waals surface area contributed by atoms with Gasteiger partial charge < -0.3 is 19.9 Å². The number of ether oxygens (including phenoxy) is 2. The van der Waals surface area contributed by atoms with Gasteiger partial charge in [-0.15, -0.1) is 0 Å². The highest BCUT2D eigenvalue weighted by atomic mass is 19.3. The molecule has 1 saturated heterocycles. The molecule has 1 amide bonds. The summed E-state index contributed by atoms with van der Waals surface area (Å²) in [7, 11) is 0. The first-order valence-corrected chi connectivity index (χ1v) is 9.85. The Balaban J connectivity index is 1.57. The average molecular weight is 443 g/mol. The molecule has 4 rings (SSSR count). The van der Waals surface area contributed by atoms with Crippen LogP contribution in [0.2, 0.25) is 0 Å². The molecule has 0 saturated carbocycles. The molecule has 1 heterocycles. The standard InChI is InChI=1S/C24H20F3NO4/c25-18-5-7-19(8-6-18)28-22(30)24(13-31-14-24)17-3-1-15(2-4-17)21-10-9-20(32-23(26)27)11-16(21)12-29/h1-11,23,29H,12-14H2,(H,28,30). The lowest BCUT2D eigenvalue weighted by Crippen LogP contribution is -2.55. The molecule has 1 aliphatic heterocycles. The summed E-state index contributed by atoms with van der Waals surface area (Å²) in [6.45, 7) is -2.88. The van der Waals surface area contributed by atoms with E-state index in [4.69, 9.17) is 4.74 Å². The van der Waals surface area contributed by atoms with E-state index >= 15 is 0 Å². The summed E-state index contributed by atoms with van der Waals surface area (Å²) in [6.07, 6.45) is 0. The van der Waals surface area contributed by atoms with E-state index in [9.17, 15) is 23.1 Å². The zero-order valence-electron chi connectivity index (χ0n) is 16.9. The largest absolute Gasteiger partial charge is 0.435 e. The second kappa shape index (κ2) is 9.02. The van der Waals surface area contributed by atoms with Gasteiger partial charge in [0, 0.05) is 5.69 Å². The minimum Gasteiger partial charge on any atom is -0.435 e. The second-order valence-corrected chi connectivity index (χ2v) is 7.47. The Kier molecular flexibility index (Phi) is 6.16. The fourth-order valence-corrected chi connectivity index (χ4v) is 3.65. The van der Waals surface area contributed by atoms with Gasteiger partial charge in [0.05, 0.1) is 19.8 Å². The van der Waals surface area contributed by atoms with Crippen LogP contribution in [0.15, 0.2) is 66.7 Å². The third-order valence-electron chi connectivity index (χ3n) is 5.45. The van der Waals surface area contributed by atoms with E-state index in [1.165, 1.54) is 36.4 Å². The van der Waals surface area contributed by atoms with Crippen molar-refractivity contribution in [2.24, 2.45) is 0 Å². The lowest BCUT2D eigenvalue weighted by Gasteiger charge is -2.40. The highest BCUT2D eigenvalue weighted by Crippen LogP contribution is 2.36. The third kappa shape index (κ3) is 4.32. The molecule has 1 fully saturated rings. The fraction of sp³-hybridized carbons (Fsp3) is 0.208. The molecular weight excluding hydrogens is 423 g/mol. The Bertz CT molecular complexity index is 1100. The molecule has 0 unspecified atom stereocenters. The Morgan fingerprint density at radius 2 is 1.75 bits per heavy atom. The predicted octanol–water partition coefficient (Wildman–Crippen LogP) is 4.49. The van der Waals surface area contributed by atoms with Gasteiger partial charge in [0.25, 0.3) is 0 Å². The maximum absolute atomic E-state index is 13.1. The van der Waals surface area contributed by atoms with Crippen LogP contribution in [0, 0.1) is 5.82 Å². The molecular formula is C24H20F3NO4. The molecule has 8 heteroatoms. The van der Waals surface area contributed by atoms with Gasteiger partial charge >= 0.3 is 6.61 Å². The number of carbonyl (C=O) groups is 1. The quantitative estimate of drug-likeness (QED) is 0.565. The molecule has 0 aromatic heterocycles. The number of aliphatic hydroxyl groups excluding tert-OH is 1. The van der Waals surface area contributed by atoms with Crippen LogP contribution in [0.4, 0.5) is 18.9 Å². The summed E-state index contributed by atoms with van der Waals surface area (Å²) in [5.74, 6) is -0.684. The minimum absolute atomic E-state index is 0.0348. The summed E-state index contributed by atoms with van der Waals surface area (Å²) in [6, 6.07) is 17.1. The lowest BCUT2D eigenvalue weighted by molar-refractivity contribution is -0.139. The minimum atomic E-state index is -2.95. The van der Waals surface area contributed by atoms with Gasteiger partial charge in [-0.2, -0.15) is 8.78 Å². The molecule has 3 aromatic rings. The number of rotatable bonds is 7. The van der Waals surface area contributed by atoms with Gasteiger partial charge in [-0.3, -0.25) is 4.79 Å². The van der Waals surface area contributed by atoms with Crippen molar-refractivity contribution in [2.75, 3.05) is 18.5 Å². The molecule has 0 aliphatic carbocycles. The van der Waals surface area contributed by atoms with E-state index in [0.29, 0.717) is 16.8 Å². The first-order valence-electron chi connectivity index (χ1n) is 9.85. The van der Waals surface area contributed by atoms with Crippen molar-refractivity contribution in [3.05, 3.63) is 83.7 Å². The third-order valence-corrected chi connectivity index (χ3v) is 5.45. The number of hydrogen-bond acceptors (Lipinski definition) is 4. The summed E-state index contributed by atoms with van der Waals surface area (Å²) in [5.41, 5.74) is 2.20. The fourth-order valence-electron chi connectivity index (χ4n) is 3.65. The monoisotopic (exact) mass is 443 g/mol. The van der Waals surface area contributed by atoms with Crippen molar-refractivity contribution in [3.63, 3.8) is 0 Å². The van der Waals surface area contributed by atoms with Crippen LogP contribution < -0.4 is 10.1 Å². The summed E-state index contributed by atoms with van der Waals surface area (Å²) in [5, 5.41) is 12.5. The van der Waals surface area contributed by atoms with Crippen LogP contribution in [0.1, 0.15) is 11.1 Å². The molecule has 0 spiro atoms. The van der Waals surface area contributed by atoms with Crippen LogP contribution in [-0.4, -0.2) is 30.8 Å². The van der Waals surface area contributed by atoms with Crippen LogP contribution in [0.5, 0.6) is 5.75 Å². The molecule has 1 aliphatic rings. The van der Waals surface area contributed by atoms with Gasteiger partial charge in [-0.05, 0) is 58.7 Å². The normalized spacial score (nSPS) is 14.7.